The van der Waals surface area contributed by atoms with Crippen LogP contribution in [-0.2, 0) is 6.18 Å². The number of likely N-dealkylation sites (tertiary alicyclic amines) is 1. The summed E-state index contributed by atoms with van der Waals surface area (Å²) in [6, 6.07) is 10.9. The highest BCUT2D eigenvalue weighted by Crippen LogP contribution is 2.34. The second kappa shape index (κ2) is 6.00. The molecular weight excluding hydrogens is 361 g/mol. The molecule has 1 spiro atoms. The molecule has 1 fully saturated rings. The molecule has 2 amide bonds. The van der Waals surface area contributed by atoms with Gasteiger partial charge in [-0.25, -0.2) is 0 Å². The van der Waals surface area contributed by atoms with Crippen LogP contribution in [0.5, 0.6) is 5.75 Å². The maximum Gasteiger partial charge on any atom is 0.416 e. The summed E-state index contributed by atoms with van der Waals surface area (Å²) in [5.74, 6) is -0.233. The predicted octanol–water partition coefficient (Wildman–Crippen LogP) is 3.07. The third-order valence-electron chi connectivity index (χ3n) is 4.76. The Bertz CT molecular complexity index is 911. The number of carbonyl (C=O) groups excluding carboxylic acids is 2. The highest BCUT2D eigenvalue weighted by Gasteiger charge is 2.46. The minimum Gasteiger partial charge on any atom is -0.465 e. The van der Waals surface area contributed by atoms with Crippen LogP contribution in [0.2, 0.25) is 0 Å². The standard InChI is InChI=1S/C19H15F3N2O3/c20-19(21,22)13-7-5-12(6-8-13)17(26)24-10-9-18(11-24)23-16(25)14-3-1-2-4-15(14)27-18/h1-8H,9-11H2,(H,23,25). The lowest BCUT2D eigenvalue weighted by Gasteiger charge is -2.35. The molecule has 2 aromatic carbocycles. The van der Waals surface area contributed by atoms with Crippen LogP contribution in [0.1, 0.15) is 32.7 Å². The van der Waals surface area contributed by atoms with Crippen LogP contribution >= 0.6 is 0 Å². The van der Waals surface area contributed by atoms with E-state index in [1.54, 1.807) is 24.3 Å². The molecule has 2 aliphatic rings. The molecule has 27 heavy (non-hydrogen) atoms. The zero-order valence-electron chi connectivity index (χ0n) is 14.0. The lowest BCUT2D eigenvalue weighted by atomic mass is 10.1. The first kappa shape index (κ1) is 17.4. The Hall–Kier alpha value is -3.03. The Morgan fingerprint density at radius 3 is 2.52 bits per heavy atom. The number of carbonyl (C=O) groups is 2. The zero-order chi connectivity index (χ0) is 19.2. The molecule has 2 aliphatic heterocycles. The van der Waals surface area contributed by atoms with Crippen molar-refractivity contribution in [1.82, 2.24) is 10.2 Å². The summed E-state index contributed by atoms with van der Waals surface area (Å²) in [4.78, 5) is 26.4. The monoisotopic (exact) mass is 376 g/mol. The van der Waals surface area contributed by atoms with Gasteiger partial charge in [-0.1, -0.05) is 12.1 Å². The fourth-order valence-corrected chi connectivity index (χ4v) is 3.38. The van der Waals surface area contributed by atoms with Crippen LogP contribution in [0.4, 0.5) is 13.2 Å². The second-order valence-electron chi connectivity index (χ2n) is 6.60. The predicted molar refractivity (Wildman–Crippen MR) is 89.2 cm³/mol. The zero-order valence-corrected chi connectivity index (χ0v) is 14.0. The van der Waals surface area contributed by atoms with Crippen molar-refractivity contribution in [3.63, 3.8) is 0 Å². The summed E-state index contributed by atoms with van der Waals surface area (Å²) in [5.41, 5.74) is -1.25. The molecule has 0 bridgehead atoms. The van der Waals surface area contributed by atoms with Crippen molar-refractivity contribution in [3.05, 3.63) is 65.2 Å². The number of amides is 2. The Balaban J connectivity index is 1.51. The Kier molecular flexibility index (Phi) is 3.87. The number of nitrogens with one attached hydrogen (secondary N) is 1. The van der Waals surface area contributed by atoms with Crippen LogP contribution in [-0.4, -0.2) is 35.5 Å². The number of benzene rings is 2. The van der Waals surface area contributed by atoms with E-state index < -0.39 is 23.4 Å². The Labute approximate surface area is 152 Å². The highest BCUT2D eigenvalue weighted by molar-refractivity contribution is 5.99. The molecule has 5 nitrogen and oxygen atoms in total. The van der Waals surface area contributed by atoms with Gasteiger partial charge in [-0.15, -0.1) is 0 Å². The van der Waals surface area contributed by atoms with Gasteiger partial charge in [-0.3, -0.25) is 9.59 Å². The number of para-hydroxylation sites is 1. The Morgan fingerprint density at radius 1 is 1.11 bits per heavy atom. The average Bonchev–Trinajstić information content (AvgIpc) is 3.03. The summed E-state index contributed by atoms with van der Waals surface area (Å²) in [5, 5.41) is 2.81. The molecule has 1 atom stereocenters. The normalized spacial score (nSPS) is 21.6. The van der Waals surface area contributed by atoms with Gasteiger partial charge < -0.3 is 15.0 Å². The maximum absolute atomic E-state index is 12.7. The van der Waals surface area contributed by atoms with Crippen molar-refractivity contribution in [2.24, 2.45) is 0 Å². The van der Waals surface area contributed by atoms with E-state index in [-0.39, 0.29) is 18.0 Å². The van der Waals surface area contributed by atoms with Crippen LogP contribution < -0.4 is 10.1 Å². The van der Waals surface area contributed by atoms with Crippen molar-refractivity contribution in [3.8, 4) is 5.75 Å². The maximum atomic E-state index is 12.7. The molecule has 0 saturated carbocycles. The first-order valence-corrected chi connectivity index (χ1v) is 8.35. The minimum atomic E-state index is -4.45. The minimum absolute atomic E-state index is 0.118. The van der Waals surface area contributed by atoms with E-state index in [1.807, 2.05) is 0 Å². The Morgan fingerprint density at radius 2 is 1.81 bits per heavy atom. The number of halogens is 3. The largest absolute Gasteiger partial charge is 0.465 e. The molecule has 140 valence electrons. The summed E-state index contributed by atoms with van der Waals surface area (Å²) in [7, 11) is 0. The van der Waals surface area contributed by atoms with Crippen LogP contribution in [0.3, 0.4) is 0 Å². The van der Waals surface area contributed by atoms with Gasteiger partial charge in [0.15, 0.2) is 0 Å². The summed E-state index contributed by atoms with van der Waals surface area (Å²) >= 11 is 0. The molecule has 1 unspecified atom stereocenters. The van der Waals surface area contributed by atoms with E-state index in [4.69, 9.17) is 4.74 Å². The fourth-order valence-electron chi connectivity index (χ4n) is 3.38. The van der Waals surface area contributed by atoms with Crippen molar-refractivity contribution in [2.45, 2.75) is 18.3 Å². The van der Waals surface area contributed by atoms with E-state index in [9.17, 15) is 22.8 Å². The van der Waals surface area contributed by atoms with Crippen LogP contribution in [0.25, 0.3) is 0 Å². The SMILES string of the molecule is O=C1NC2(CCN(C(=O)c3ccc(C(F)(F)F)cc3)C2)Oc2ccccc21. The number of fused-ring (bicyclic) bond motifs is 1. The second-order valence-corrected chi connectivity index (χ2v) is 6.60. The van der Waals surface area contributed by atoms with E-state index in [0.717, 1.165) is 24.3 Å². The van der Waals surface area contributed by atoms with Gasteiger partial charge in [0.1, 0.15) is 5.75 Å². The van der Waals surface area contributed by atoms with Crippen LogP contribution in [0.15, 0.2) is 48.5 Å². The van der Waals surface area contributed by atoms with Gasteiger partial charge in [-0.2, -0.15) is 13.2 Å². The smallest absolute Gasteiger partial charge is 0.416 e. The highest BCUT2D eigenvalue weighted by atomic mass is 19.4. The van der Waals surface area contributed by atoms with Gasteiger partial charge >= 0.3 is 6.18 Å². The molecule has 8 heteroatoms. The van der Waals surface area contributed by atoms with E-state index in [1.165, 1.54) is 4.90 Å². The quantitative estimate of drug-likeness (QED) is 0.832. The lowest BCUT2D eigenvalue weighted by molar-refractivity contribution is -0.137. The van der Waals surface area contributed by atoms with Crippen LogP contribution in [0, 0.1) is 0 Å². The molecule has 1 N–H and O–H groups in total. The third kappa shape index (κ3) is 3.11. The van der Waals surface area contributed by atoms with E-state index >= 15 is 0 Å². The van der Waals surface area contributed by atoms with E-state index in [0.29, 0.717) is 24.3 Å². The fraction of sp³-hybridized carbons (Fsp3) is 0.263. The number of ether oxygens (including phenoxy) is 1. The van der Waals surface area contributed by atoms with Crippen molar-refractivity contribution in [1.29, 1.82) is 0 Å². The third-order valence-corrected chi connectivity index (χ3v) is 4.76. The summed E-state index contributed by atoms with van der Waals surface area (Å²) < 4.78 is 44.0. The molecule has 4 rings (SSSR count). The topological polar surface area (TPSA) is 58.6 Å². The van der Waals surface area contributed by atoms with E-state index in [2.05, 4.69) is 5.32 Å². The number of rotatable bonds is 1. The molecule has 1 saturated heterocycles. The van der Waals surface area contributed by atoms with Gasteiger partial charge in [0.05, 0.1) is 17.7 Å². The summed E-state index contributed by atoms with van der Waals surface area (Å²) in [6.07, 6.45) is -4.06. The van der Waals surface area contributed by atoms with Crippen molar-refractivity contribution in [2.75, 3.05) is 13.1 Å². The number of alkyl halides is 3. The van der Waals surface area contributed by atoms with Gasteiger partial charge in [-0.05, 0) is 36.4 Å². The molecular formula is C19H15F3N2O3. The molecule has 0 aromatic heterocycles. The van der Waals surface area contributed by atoms with Crippen molar-refractivity contribution >= 4 is 11.8 Å². The number of nitrogens with zero attached hydrogens (tertiary/aromatic N) is 1. The lowest BCUT2D eigenvalue weighted by Crippen LogP contribution is -2.57. The van der Waals surface area contributed by atoms with Crippen molar-refractivity contribution < 1.29 is 27.5 Å². The molecule has 0 radical (unpaired) electrons. The molecule has 0 aliphatic carbocycles. The molecule has 2 aromatic rings. The van der Waals surface area contributed by atoms with Gasteiger partial charge in [0, 0.05) is 18.5 Å². The first-order valence-electron chi connectivity index (χ1n) is 8.35. The summed E-state index contributed by atoms with van der Waals surface area (Å²) in [6.45, 7) is 0.440. The molecule has 2 heterocycles. The number of hydrogen-bond acceptors (Lipinski definition) is 3. The van der Waals surface area contributed by atoms with Gasteiger partial charge in [0.25, 0.3) is 11.8 Å². The van der Waals surface area contributed by atoms with Gasteiger partial charge in [0.2, 0.25) is 5.72 Å². The first-order chi connectivity index (χ1) is 12.8. The average molecular weight is 376 g/mol. The number of hydrogen-bond donors (Lipinski definition) is 1.